The van der Waals surface area contributed by atoms with Gasteiger partial charge in [0.05, 0.1) is 6.04 Å². The Labute approximate surface area is 185 Å². The van der Waals surface area contributed by atoms with Crippen molar-refractivity contribution in [1.29, 1.82) is 0 Å². The molecule has 0 aromatic heterocycles. The molecule has 2 amide bonds. The first-order chi connectivity index (χ1) is 14.8. The zero-order chi connectivity index (χ0) is 22.5. The predicted octanol–water partition coefficient (Wildman–Crippen LogP) is 4.56. The molecule has 0 saturated heterocycles. The molecule has 1 N–H and O–H groups in total. The standard InChI is InChI=1S/C26H34N2O3/c1-6-23(26(30)27-17(3)4)31-21-12-11-19-13-14-28(24(29)7-2)25(22(19)16-21)20-10-8-9-18(5)15-20/h8-12,15-17,23,25H,6-7,13-14H2,1-5H3,(H,27,30). The zero-order valence-corrected chi connectivity index (χ0v) is 19.3. The SMILES string of the molecule is CCC(=O)N1CCc2ccc(OC(CC)C(=O)NC(C)C)cc2C1c1cccc(C)c1. The minimum Gasteiger partial charge on any atom is -0.481 e. The molecule has 0 saturated carbocycles. The summed E-state index contributed by atoms with van der Waals surface area (Å²) in [4.78, 5) is 27.3. The Kier molecular flexibility index (Phi) is 7.37. The van der Waals surface area contributed by atoms with Crippen LogP contribution in [-0.2, 0) is 16.0 Å². The largest absolute Gasteiger partial charge is 0.481 e. The average molecular weight is 423 g/mol. The number of nitrogens with zero attached hydrogens (tertiary/aromatic N) is 1. The lowest BCUT2D eigenvalue weighted by Gasteiger charge is -2.38. The van der Waals surface area contributed by atoms with Crippen LogP contribution in [0.3, 0.4) is 0 Å². The van der Waals surface area contributed by atoms with Gasteiger partial charge in [0.1, 0.15) is 5.75 Å². The number of hydrogen-bond acceptors (Lipinski definition) is 3. The number of nitrogens with one attached hydrogen (secondary N) is 1. The van der Waals surface area contributed by atoms with E-state index in [9.17, 15) is 9.59 Å². The van der Waals surface area contributed by atoms with Crippen LogP contribution in [0.4, 0.5) is 0 Å². The number of amides is 2. The van der Waals surface area contributed by atoms with Crippen molar-refractivity contribution in [3.8, 4) is 5.75 Å². The van der Waals surface area contributed by atoms with Crippen LogP contribution in [-0.4, -0.2) is 35.4 Å². The van der Waals surface area contributed by atoms with E-state index < -0.39 is 6.10 Å². The minimum absolute atomic E-state index is 0.0630. The Hall–Kier alpha value is -2.82. The molecule has 0 bridgehead atoms. The van der Waals surface area contributed by atoms with Crippen molar-refractivity contribution in [2.45, 2.75) is 72.1 Å². The maximum atomic E-state index is 12.8. The van der Waals surface area contributed by atoms with Crippen LogP contribution >= 0.6 is 0 Å². The Bertz CT molecular complexity index is 938. The van der Waals surface area contributed by atoms with Gasteiger partial charge >= 0.3 is 0 Å². The lowest BCUT2D eigenvalue weighted by molar-refractivity contribution is -0.133. The number of hydrogen-bond donors (Lipinski definition) is 1. The van der Waals surface area contributed by atoms with Crippen LogP contribution in [0.1, 0.15) is 68.8 Å². The molecule has 1 heterocycles. The summed E-state index contributed by atoms with van der Waals surface area (Å²) in [7, 11) is 0. The van der Waals surface area contributed by atoms with Crippen molar-refractivity contribution in [3.05, 3.63) is 64.7 Å². The molecule has 0 spiro atoms. The molecule has 31 heavy (non-hydrogen) atoms. The van der Waals surface area contributed by atoms with Gasteiger partial charge in [-0.25, -0.2) is 0 Å². The second-order valence-electron chi connectivity index (χ2n) is 8.55. The van der Waals surface area contributed by atoms with E-state index in [1.54, 1.807) is 0 Å². The fourth-order valence-electron chi connectivity index (χ4n) is 4.20. The van der Waals surface area contributed by atoms with E-state index in [0.717, 1.165) is 23.1 Å². The van der Waals surface area contributed by atoms with Gasteiger partial charge in [0, 0.05) is 19.0 Å². The quantitative estimate of drug-likeness (QED) is 0.712. The Morgan fingerprint density at radius 1 is 1.16 bits per heavy atom. The number of carbonyl (C=O) groups excluding carboxylic acids is 2. The summed E-state index contributed by atoms with van der Waals surface area (Å²) < 4.78 is 6.11. The molecule has 2 atom stereocenters. The highest BCUT2D eigenvalue weighted by Gasteiger charge is 2.32. The smallest absolute Gasteiger partial charge is 0.261 e. The van der Waals surface area contributed by atoms with Gasteiger partial charge in [-0.1, -0.05) is 49.7 Å². The monoisotopic (exact) mass is 422 g/mol. The van der Waals surface area contributed by atoms with Crippen molar-refractivity contribution in [1.82, 2.24) is 10.2 Å². The van der Waals surface area contributed by atoms with Crippen molar-refractivity contribution < 1.29 is 14.3 Å². The fourth-order valence-corrected chi connectivity index (χ4v) is 4.20. The van der Waals surface area contributed by atoms with E-state index in [-0.39, 0.29) is 23.9 Å². The summed E-state index contributed by atoms with van der Waals surface area (Å²) in [6, 6.07) is 14.3. The lowest BCUT2D eigenvalue weighted by atomic mass is 9.87. The van der Waals surface area contributed by atoms with E-state index in [1.807, 2.05) is 50.8 Å². The van der Waals surface area contributed by atoms with E-state index in [4.69, 9.17) is 4.74 Å². The van der Waals surface area contributed by atoms with Crippen LogP contribution in [0, 0.1) is 6.92 Å². The highest BCUT2D eigenvalue weighted by atomic mass is 16.5. The highest BCUT2D eigenvalue weighted by Crippen LogP contribution is 2.38. The molecular formula is C26H34N2O3. The van der Waals surface area contributed by atoms with Crippen LogP contribution in [0.5, 0.6) is 5.75 Å². The molecule has 0 radical (unpaired) electrons. The summed E-state index contributed by atoms with van der Waals surface area (Å²) in [6.45, 7) is 10.5. The Balaban J connectivity index is 1.98. The van der Waals surface area contributed by atoms with E-state index in [0.29, 0.717) is 25.1 Å². The topological polar surface area (TPSA) is 58.6 Å². The van der Waals surface area contributed by atoms with Crippen LogP contribution in [0.15, 0.2) is 42.5 Å². The predicted molar refractivity (Wildman–Crippen MR) is 123 cm³/mol. The first kappa shape index (κ1) is 22.9. The second-order valence-corrected chi connectivity index (χ2v) is 8.55. The zero-order valence-electron chi connectivity index (χ0n) is 19.3. The number of aryl methyl sites for hydroxylation is 1. The third-order valence-electron chi connectivity index (χ3n) is 5.70. The van der Waals surface area contributed by atoms with E-state index in [2.05, 4.69) is 36.5 Å². The normalized spacial score (nSPS) is 16.6. The van der Waals surface area contributed by atoms with Crippen molar-refractivity contribution in [2.24, 2.45) is 0 Å². The van der Waals surface area contributed by atoms with Crippen LogP contribution < -0.4 is 10.1 Å². The molecule has 3 rings (SSSR count). The van der Waals surface area contributed by atoms with Crippen LogP contribution in [0.25, 0.3) is 0 Å². The summed E-state index contributed by atoms with van der Waals surface area (Å²) in [6.07, 6.45) is 1.32. The first-order valence-corrected chi connectivity index (χ1v) is 11.3. The van der Waals surface area contributed by atoms with Gasteiger partial charge in [-0.15, -0.1) is 0 Å². The van der Waals surface area contributed by atoms with Gasteiger partial charge in [-0.2, -0.15) is 0 Å². The average Bonchev–Trinajstić information content (AvgIpc) is 2.75. The van der Waals surface area contributed by atoms with Crippen molar-refractivity contribution in [2.75, 3.05) is 6.54 Å². The molecule has 0 fully saturated rings. The number of benzene rings is 2. The molecule has 2 aromatic carbocycles. The minimum atomic E-state index is -0.546. The summed E-state index contributed by atoms with van der Waals surface area (Å²) in [5.41, 5.74) is 4.57. The molecule has 2 unspecified atom stereocenters. The van der Waals surface area contributed by atoms with Gasteiger partial charge in [0.2, 0.25) is 5.91 Å². The molecule has 5 nitrogen and oxygen atoms in total. The molecule has 166 valence electrons. The maximum absolute atomic E-state index is 12.8. The van der Waals surface area contributed by atoms with Crippen molar-refractivity contribution in [3.63, 3.8) is 0 Å². The molecule has 1 aliphatic heterocycles. The van der Waals surface area contributed by atoms with Gasteiger partial charge < -0.3 is 15.0 Å². The van der Waals surface area contributed by atoms with Gasteiger partial charge in [-0.05, 0) is 62.4 Å². The third kappa shape index (κ3) is 5.27. The molecular weight excluding hydrogens is 388 g/mol. The third-order valence-corrected chi connectivity index (χ3v) is 5.70. The molecule has 1 aliphatic rings. The maximum Gasteiger partial charge on any atom is 0.261 e. The molecule has 5 heteroatoms. The lowest BCUT2D eigenvalue weighted by Crippen LogP contribution is -2.41. The summed E-state index contributed by atoms with van der Waals surface area (Å²) in [5.74, 6) is 0.701. The molecule has 2 aromatic rings. The Morgan fingerprint density at radius 2 is 1.94 bits per heavy atom. The van der Waals surface area contributed by atoms with Crippen molar-refractivity contribution >= 4 is 11.8 Å². The van der Waals surface area contributed by atoms with E-state index >= 15 is 0 Å². The number of carbonyl (C=O) groups is 2. The summed E-state index contributed by atoms with van der Waals surface area (Å²) >= 11 is 0. The number of ether oxygens (including phenoxy) is 1. The fraction of sp³-hybridized carbons (Fsp3) is 0.462. The van der Waals surface area contributed by atoms with Gasteiger partial charge in [0.15, 0.2) is 6.10 Å². The number of rotatable bonds is 7. The molecule has 0 aliphatic carbocycles. The highest BCUT2D eigenvalue weighted by molar-refractivity contribution is 5.81. The van der Waals surface area contributed by atoms with Crippen LogP contribution in [0.2, 0.25) is 0 Å². The van der Waals surface area contributed by atoms with Gasteiger partial charge in [0.25, 0.3) is 5.91 Å². The second kappa shape index (κ2) is 9.99. The number of fused-ring (bicyclic) bond motifs is 1. The first-order valence-electron chi connectivity index (χ1n) is 11.3. The van der Waals surface area contributed by atoms with Gasteiger partial charge in [-0.3, -0.25) is 9.59 Å². The summed E-state index contributed by atoms with van der Waals surface area (Å²) in [5, 5.41) is 2.93. The Morgan fingerprint density at radius 3 is 2.58 bits per heavy atom. The van der Waals surface area contributed by atoms with E-state index in [1.165, 1.54) is 5.56 Å².